The zero-order valence-corrected chi connectivity index (χ0v) is 22.5. The molecule has 7 nitrogen and oxygen atoms in total. The van der Waals surface area contributed by atoms with Gasteiger partial charge < -0.3 is 14.6 Å². The van der Waals surface area contributed by atoms with Crippen LogP contribution in [-0.4, -0.2) is 51.8 Å². The molecule has 198 valence electrons. The Hall–Kier alpha value is -1.99. The van der Waals surface area contributed by atoms with E-state index in [4.69, 9.17) is 21.1 Å². The lowest BCUT2D eigenvalue weighted by atomic mass is 9.45. The summed E-state index contributed by atoms with van der Waals surface area (Å²) < 4.78 is 11.3. The van der Waals surface area contributed by atoms with Gasteiger partial charge in [0.15, 0.2) is 18.0 Å². The SMILES string of the molecule is CCC(=O)OCC(=O)[C@]1(OC(=O)CC)[C@@H](C)C[C@H]2[C@H]3CCC4=CC(=O)C=C[C@]4(C)[C@]3(Cl)[C@@H](O)C[C@@]21C. The Morgan fingerprint density at radius 3 is 2.44 bits per heavy atom. The molecule has 0 spiro atoms. The monoisotopic (exact) mass is 520 g/mol. The average molecular weight is 521 g/mol. The van der Waals surface area contributed by atoms with Crippen LogP contribution in [0.15, 0.2) is 23.8 Å². The van der Waals surface area contributed by atoms with Gasteiger partial charge in [-0.15, -0.1) is 11.6 Å². The molecular formula is C28H37ClO7. The quantitative estimate of drug-likeness (QED) is 0.415. The summed E-state index contributed by atoms with van der Waals surface area (Å²) >= 11 is 7.48. The number of halogens is 1. The largest absolute Gasteiger partial charge is 0.457 e. The smallest absolute Gasteiger partial charge is 0.306 e. The van der Waals surface area contributed by atoms with Gasteiger partial charge in [-0.3, -0.25) is 19.2 Å². The third kappa shape index (κ3) is 3.48. The van der Waals surface area contributed by atoms with Crippen molar-refractivity contribution in [3.8, 4) is 0 Å². The molecule has 0 aliphatic heterocycles. The number of ketones is 2. The molecule has 8 atom stereocenters. The second-order valence-electron chi connectivity index (χ2n) is 11.4. The van der Waals surface area contributed by atoms with Crippen LogP contribution >= 0.6 is 11.6 Å². The normalized spacial score (nSPS) is 43.1. The average Bonchev–Trinajstić information content (AvgIpc) is 3.05. The molecule has 4 aliphatic rings. The van der Waals surface area contributed by atoms with Crippen LogP contribution in [0.3, 0.4) is 0 Å². The fraction of sp³-hybridized carbons (Fsp3) is 0.714. The minimum absolute atomic E-state index is 0.0801. The number of carbonyl (C=O) groups is 4. The molecule has 8 heteroatoms. The lowest BCUT2D eigenvalue weighted by molar-refractivity contribution is -0.203. The van der Waals surface area contributed by atoms with E-state index in [-0.39, 0.29) is 42.8 Å². The molecule has 0 saturated heterocycles. The van der Waals surface area contributed by atoms with Crippen LogP contribution in [0.4, 0.5) is 0 Å². The maximum absolute atomic E-state index is 13.9. The lowest BCUT2D eigenvalue weighted by Crippen LogP contribution is -2.69. The number of hydrogen-bond acceptors (Lipinski definition) is 7. The predicted molar refractivity (Wildman–Crippen MR) is 133 cm³/mol. The van der Waals surface area contributed by atoms with Crippen LogP contribution in [0.2, 0.25) is 0 Å². The van der Waals surface area contributed by atoms with Crippen LogP contribution in [0.5, 0.6) is 0 Å². The van der Waals surface area contributed by atoms with Gasteiger partial charge in [-0.1, -0.05) is 46.3 Å². The number of aliphatic hydroxyl groups excluding tert-OH is 1. The first-order valence-electron chi connectivity index (χ1n) is 13.0. The molecule has 3 saturated carbocycles. The molecule has 0 unspecified atom stereocenters. The lowest BCUT2D eigenvalue weighted by Gasteiger charge is -2.64. The van der Waals surface area contributed by atoms with Crippen molar-refractivity contribution in [1.29, 1.82) is 0 Å². The summed E-state index contributed by atoms with van der Waals surface area (Å²) in [6, 6.07) is 0. The third-order valence-corrected chi connectivity index (χ3v) is 10.7. The highest BCUT2D eigenvalue weighted by molar-refractivity contribution is 6.26. The fourth-order valence-electron chi connectivity index (χ4n) is 8.01. The van der Waals surface area contributed by atoms with Gasteiger partial charge in [-0.2, -0.15) is 0 Å². The Balaban J connectivity index is 1.80. The summed E-state index contributed by atoms with van der Waals surface area (Å²) in [5.41, 5.74) is -2.27. The zero-order chi connectivity index (χ0) is 26.7. The van der Waals surface area contributed by atoms with E-state index in [0.717, 1.165) is 5.57 Å². The van der Waals surface area contributed by atoms with Gasteiger partial charge in [0, 0.05) is 29.6 Å². The van der Waals surface area contributed by atoms with Gasteiger partial charge in [-0.25, -0.2) is 0 Å². The summed E-state index contributed by atoms with van der Waals surface area (Å²) in [6.45, 7) is 8.61. The number of allylic oxidation sites excluding steroid dienone is 4. The Labute approximate surface area is 217 Å². The number of fused-ring (bicyclic) bond motifs is 5. The maximum atomic E-state index is 13.9. The second kappa shape index (κ2) is 9.09. The summed E-state index contributed by atoms with van der Waals surface area (Å²) in [4.78, 5) is 49.5. The van der Waals surface area contributed by atoms with E-state index < -0.39 is 51.7 Å². The number of aliphatic hydroxyl groups is 1. The number of esters is 2. The van der Waals surface area contributed by atoms with Crippen LogP contribution in [0.1, 0.15) is 73.1 Å². The number of Topliss-reactive ketones (excluding diaryl/α,β-unsaturated/α-hetero) is 1. The van der Waals surface area contributed by atoms with E-state index in [2.05, 4.69) is 0 Å². The van der Waals surface area contributed by atoms with E-state index in [9.17, 15) is 24.3 Å². The van der Waals surface area contributed by atoms with Gasteiger partial charge in [-0.05, 0) is 49.7 Å². The first-order chi connectivity index (χ1) is 16.8. The van der Waals surface area contributed by atoms with Crippen LogP contribution in [-0.2, 0) is 28.7 Å². The van der Waals surface area contributed by atoms with Crippen molar-refractivity contribution in [1.82, 2.24) is 0 Å². The number of carbonyl (C=O) groups excluding carboxylic acids is 4. The fourth-order valence-corrected chi connectivity index (χ4v) is 8.53. The van der Waals surface area contributed by atoms with Crippen LogP contribution in [0, 0.1) is 28.6 Å². The molecular weight excluding hydrogens is 484 g/mol. The topological polar surface area (TPSA) is 107 Å². The Bertz CT molecular complexity index is 1050. The molecule has 0 amide bonds. The van der Waals surface area contributed by atoms with Crippen molar-refractivity contribution >= 4 is 35.1 Å². The van der Waals surface area contributed by atoms with Gasteiger partial charge in [0.2, 0.25) is 5.78 Å². The van der Waals surface area contributed by atoms with Gasteiger partial charge in [0.25, 0.3) is 0 Å². The highest BCUT2D eigenvalue weighted by Gasteiger charge is 2.76. The van der Waals surface area contributed by atoms with E-state index in [1.54, 1.807) is 19.9 Å². The van der Waals surface area contributed by atoms with Crippen molar-refractivity contribution in [2.45, 2.75) is 89.7 Å². The van der Waals surface area contributed by atoms with Crippen molar-refractivity contribution in [3.63, 3.8) is 0 Å². The van der Waals surface area contributed by atoms with Crippen LogP contribution < -0.4 is 0 Å². The first kappa shape index (κ1) is 27.1. The standard InChI is InChI=1S/C28H37ClO7/c1-6-23(33)35-15-22(32)28(36-24(34)7-2)16(3)12-20-19-9-8-17-13-18(30)10-11-25(17,4)27(19,29)21(31)14-26(20,28)5/h10-11,13,16,19-21,31H,6-9,12,14-15H2,1-5H3/t16-,19+,20-,21-,25-,26-,27+,28+/m0/s1. The number of alkyl halides is 1. The summed E-state index contributed by atoms with van der Waals surface area (Å²) in [5.74, 6) is -2.24. The molecule has 1 N–H and O–H groups in total. The Kier molecular flexibility index (Phi) is 6.83. The number of ether oxygens (including phenoxy) is 2. The Morgan fingerprint density at radius 2 is 1.81 bits per heavy atom. The van der Waals surface area contributed by atoms with E-state index in [1.165, 1.54) is 6.08 Å². The van der Waals surface area contributed by atoms with E-state index in [1.807, 2.05) is 26.8 Å². The van der Waals surface area contributed by atoms with Crippen molar-refractivity contribution in [2.24, 2.45) is 28.6 Å². The summed E-state index contributed by atoms with van der Waals surface area (Å²) in [7, 11) is 0. The summed E-state index contributed by atoms with van der Waals surface area (Å²) in [6.07, 6.45) is 6.18. The second-order valence-corrected chi connectivity index (χ2v) is 12.0. The zero-order valence-electron chi connectivity index (χ0n) is 21.8. The summed E-state index contributed by atoms with van der Waals surface area (Å²) in [5, 5.41) is 11.8. The first-order valence-corrected chi connectivity index (χ1v) is 13.4. The van der Waals surface area contributed by atoms with Crippen molar-refractivity contribution < 1.29 is 33.8 Å². The predicted octanol–water partition coefficient (Wildman–Crippen LogP) is 4.09. The number of rotatable bonds is 6. The molecule has 0 aromatic carbocycles. The minimum atomic E-state index is -1.55. The molecule has 0 aromatic heterocycles. The van der Waals surface area contributed by atoms with Crippen LogP contribution in [0.25, 0.3) is 0 Å². The molecule has 36 heavy (non-hydrogen) atoms. The molecule has 4 aliphatic carbocycles. The molecule has 0 heterocycles. The van der Waals surface area contributed by atoms with Gasteiger partial charge >= 0.3 is 11.9 Å². The van der Waals surface area contributed by atoms with Gasteiger partial charge in [0.05, 0.1) is 11.0 Å². The minimum Gasteiger partial charge on any atom is -0.457 e. The maximum Gasteiger partial charge on any atom is 0.306 e. The van der Waals surface area contributed by atoms with E-state index >= 15 is 0 Å². The molecule has 0 aromatic rings. The molecule has 0 bridgehead atoms. The molecule has 3 fully saturated rings. The highest BCUT2D eigenvalue weighted by Crippen LogP contribution is 2.72. The number of hydrogen-bond donors (Lipinski definition) is 1. The molecule has 0 radical (unpaired) electrons. The van der Waals surface area contributed by atoms with E-state index in [0.29, 0.717) is 19.3 Å². The third-order valence-electron chi connectivity index (χ3n) is 9.81. The molecule has 4 rings (SSSR count). The highest BCUT2D eigenvalue weighted by atomic mass is 35.5. The van der Waals surface area contributed by atoms with Crippen molar-refractivity contribution in [2.75, 3.05) is 6.61 Å². The van der Waals surface area contributed by atoms with Gasteiger partial charge in [0.1, 0.15) is 0 Å². The Morgan fingerprint density at radius 1 is 1.14 bits per heavy atom. The van der Waals surface area contributed by atoms with Crippen molar-refractivity contribution in [3.05, 3.63) is 23.8 Å².